The predicted molar refractivity (Wildman–Crippen MR) is 66.7 cm³/mol. The van der Waals surface area contributed by atoms with Gasteiger partial charge in [-0.25, -0.2) is 0 Å². The van der Waals surface area contributed by atoms with Crippen molar-refractivity contribution in [3.63, 3.8) is 0 Å². The molecule has 0 bridgehead atoms. The fourth-order valence-electron chi connectivity index (χ4n) is 1.17. The Labute approximate surface area is 101 Å². The number of hydrogen-bond donors (Lipinski definition) is 1. The summed E-state index contributed by atoms with van der Waals surface area (Å²) in [5.74, 6) is -0.170. The summed E-state index contributed by atoms with van der Waals surface area (Å²) in [6.45, 7) is 4.92. The summed E-state index contributed by atoms with van der Waals surface area (Å²) in [7, 11) is 0. The Kier molecular flexibility index (Phi) is 6.11. The van der Waals surface area contributed by atoms with E-state index < -0.39 is 0 Å². The van der Waals surface area contributed by atoms with E-state index in [9.17, 15) is 4.79 Å². The first kappa shape index (κ1) is 13.2. The second-order valence-electron chi connectivity index (χ2n) is 3.74. The van der Waals surface area contributed by atoms with Crippen LogP contribution in [0.2, 0.25) is 0 Å². The Bertz CT molecular complexity index is 298. The predicted octanol–water partition coefficient (Wildman–Crippen LogP) is 2.22. The minimum Gasteiger partial charge on any atom is -0.464 e. The van der Waals surface area contributed by atoms with Gasteiger partial charge in [0.2, 0.25) is 0 Å². The van der Waals surface area contributed by atoms with Crippen LogP contribution in [-0.2, 0) is 16.0 Å². The van der Waals surface area contributed by atoms with Crippen LogP contribution in [-0.4, -0.2) is 25.2 Å². The van der Waals surface area contributed by atoms with Crippen molar-refractivity contribution in [2.45, 2.75) is 32.7 Å². The molecule has 1 aromatic heterocycles. The molecule has 1 atom stereocenters. The van der Waals surface area contributed by atoms with Gasteiger partial charge in [-0.1, -0.05) is 13.0 Å². The van der Waals surface area contributed by atoms with Gasteiger partial charge >= 0.3 is 5.97 Å². The fraction of sp³-hybridized carbons (Fsp3) is 0.583. The van der Waals surface area contributed by atoms with Gasteiger partial charge in [0.25, 0.3) is 0 Å². The van der Waals surface area contributed by atoms with Crippen LogP contribution in [0.15, 0.2) is 17.5 Å². The zero-order valence-electron chi connectivity index (χ0n) is 9.86. The summed E-state index contributed by atoms with van der Waals surface area (Å²) in [5, 5.41) is 5.13. The van der Waals surface area contributed by atoms with E-state index in [1.807, 2.05) is 11.4 Å². The van der Waals surface area contributed by atoms with Gasteiger partial charge in [-0.2, -0.15) is 0 Å². The Balaban J connectivity index is 2.06. The molecular formula is C12H19NO2S. The highest BCUT2D eigenvalue weighted by Gasteiger charge is 2.05. The SMILES string of the molecule is CCC(C)NCC(=O)OCCc1cccs1. The van der Waals surface area contributed by atoms with Gasteiger partial charge in [0, 0.05) is 17.3 Å². The first-order chi connectivity index (χ1) is 7.72. The van der Waals surface area contributed by atoms with Crippen LogP contribution in [0.4, 0.5) is 0 Å². The third kappa shape index (κ3) is 5.28. The molecular weight excluding hydrogens is 222 g/mol. The fourth-order valence-corrected chi connectivity index (χ4v) is 1.86. The standard InChI is InChI=1S/C12H19NO2S/c1-3-10(2)13-9-12(14)15-7-6-11-5-4-8-16-11/h4-5,8,10,13H,3,6-7,9H2,1-2H3. The highest BCUT2D eigenvalue weighted by atomic mass is 32.1. The Morgan fingerprint density at radius 1 is 1.62 bits per heavy atom. The maximum atomic E-state index is 11.3. The molecule has 1 unspecified atom stereocenters. The number of carbonyl (C=O) groups excluding carboxylic acids is 1. The number of thiophene rings is 1. The summed E-state index contributed by atoms with van der Waals surface area (Å²) in [6, 6.07) is 4.42. The lowest BCUT2D eigenvalue weighted by Crippen LogP contribution is -2.32. The van der Waals surface area contributed by atoms with Crippen LogP contribution in [0.25, 0.3) is 0 Å². The Morgan fingerprint density at radius 3 is 3.06 bits per heavy atom. The molecule has 0 saturated carbocycles. The van der Waals surface area contributed by atoms with E-state index in [4.69, 9.17) is 4.74 Å². The van der Waals surface area contributed by atoms with Crippen molar-refractivity contribution in [3.05, 3.63) is 22.4 Å². The van der Waals surface area contributed by atoms with E-state index in [-0.39, 0.29) is 5.97 Å². The quantitative estimate of drug-likeness (QED) is 0.744. The number of rotatable bonds is 7. The van der Waals surface area contributed by atoms with Gasteiger partial charge in [0.05, 0.1) is 13.2 Å². The van der Waals surface area contributed by atoms with Crippen molar-refractivity contribution >= 4 is 17.3 Å². The summed E-state index contributed by atoms with van der Waals surface area (Å²) in [4.78, 5) is 12.6. The summed E-state index contributed by atoms with van der Waals surface area (Å²) < 4.78 is 5.12. The van der Waals surface area contributed by atoms with E-state index in [2.05, 4.69) is 25.2 Å². The van der Waals surface area contributed by atoms with Crippen molar-refractivity contribution in [3.8, 4) is 0 Å². The van der Waals surface area contributed by atoms with E-state index in [1.165, 1.54) is 4.88 Å². The molecule has 1 aromatic rings. The maximum Gasteiger partial charge on any atom is 0.319 e. The van der Waals surface area contributed by atoms with Crippen LogP contribution in [0.1, 0.15) is 25.1 Å². The van der Waals surface area contributed by atoms with Crippen molar-refractivity contribution in [1.29, 1.82) is 0 Å². The molecule has 0 saturated heterocycles. The number of nitrogens with one attached hydrogen (secondary N) is 1. The molecule has 0 amide bonds. The van der Waals surface area contributed by atoms with Gasteiger partial charge in [-0.15, -0.1) is 11.3 Å². The van der Waals surface area contributed by atoms with E-state index in [0.29, 0.717) is 19.2 Å². The Hall–Kier alpha value is -0.870. The molecule has 0 radical (unpaired) electrons. The molecule has 4 heteroatoms. The third-order valence-corrected chi connectivity index (χ3v) is 3.34. The lowest BCUT2D eigenvalue weighted by Gasteiger charge is -2.10. The second-order valence-corrected chi connectivity index (χ2v) is 4.77. The van der Waals surface area contributed by atoms with E-state index in [0.717, 1.165) is 12.8 Å². The second kappa shape index (κ2) is 7.41. The van der Waals surface area contributed by atoms with Crippen molar-refractivity contribution in [2.24, 2.45) is 0 Å². The molecule has 0 aliphatic rings. The van der Waals surface area contributed by atoms with Crippen molar-refractivity contribution in [1.82, 2.24) is 5.32 Å². The topological polar surface area (TPSA) is 38.3 Å². The van der Waals surface area contributed by atoms with Gasteiger partial charge in [-0.05, 0) is 24.8 Å². The maximum absolute atomic E-state index is 11.3. The van der Waals surface area contributed by atoms with E-state index in [1.54, 1.807) is 11.3 Å². The van der Waals surface area contributed by atoms with Gasteiger partial charge in [-0.3, -0.25) is 4.79 Å². The first-order valence-corrected chi connectivity index (χ1v) is 6.51. The molecule has 0 fully saturated rings. The highest BCUT2D eigenvalue weighted by molar-refractivity contribution is 7.09. The normalized spacial score (nSPS) is 12.4. The molecule has 0 aliphatic carbocycles. The summed E-state index contributed by atoms with van der Waals surface area (Å²) >= 11 is 1.69. The molecule has 1 heterocycles. The van der Waals surface area contributed by atoms with E-state index >= 15 is 0 Å². The molecule has 1 N–H and O–H groups in total. The third-order valence-electron chi connectivity index (χ3n) is 2.40. The molecule has 1 rings (SSSR count). The molecule has 16 heavy (non-hydrogen) atoms. The summed E-state index contributed by atoms with van der Waals surface area (Å²) in [6.07, 6.45) is 1.83. The molecule has 3 nitrogen and oxygen atoms in total. The molecule has 0 spiro atoms. The lowest BCUT2D eigenvalue weighted by molar-refractivity contribution is -0.142. The number of esters is 1. The Morgan fingerprint density at radius 2 is 2.44 bits per heavy atom. The van der Waals surface area contributed by atoms with Crippen LogP contribution in [0.5, 0.6) is 0 Å². The zero-order valence-corrected chi connectivity index (χ0v) is 10.7. The molecule has 0 aliphatic heterocycles. The van der Waals surface area contributed by atoms with Gasteiger partial charge in [0.1, 0.15) is 0 Å². The number of ether oxygens (including phenoxy) is 1. The van der Waals surface area contributed by atoms with Gasteiger partial charge < -0.3 is 10.1 Å². The average molecular weight is 241 g/mol. The first-order valence-electron chi connectivity index (χ1n) is 5.63. The monoisotopic (exact) mass is 241 g/mol. The largest absolute Gasteiger partial charge is 0.464 e. The van der Waals surface area contributed by atoms with Crippen LogP contribution in [0.3, 0.4) is 0 Å². The molecule has 0 aromatic carbocycles. The highest BCUT2D eigenvalue weighted by Crippen LogP contribution is 2.08. The van der Waals surface area contributed by atoms with Crippen LogP contribution >= 0.6 is 11.3 Å². The number of carbonyl (C=O) groups is 1. The molecule has 90 valence electrons. The van der Waals surface area contributed by atoms with Gasteiger partial charge in [0.15, 0.2) is 0 Å². The smallest absolute Gasteiger partial charge is 0.319 e. The lowest BCUT2D eigenvalue weighted by atomic mass is 10.3. The number of hydrogen-bond acceptors (Lipinski definition) is 4. The zero-order chi connectivity index (χ0) is 11.8. The van der Waals surface area contributed by atoms with Crippen molar-refractivity contribution in [2.75, 3.05) is 13.2 Å². The van der Waals surface area contributed by atoms with Crippen LogP contribution < -0.4 is 5.32 Å². The minimum atomic E-state index is -0.170. The van der Waals surface area contributed by atoms with Crippen molar-refractivity contribution < 1.29 is 9.53 Å². The summed E-state index contributed by atoms with van der Waals surface area (Å²) in [5.41, 5.74) is 0. The van der Waals surface area contributed by atoms with Crippen LogP contribution in [0, 0.1) is 0 Å². The average Bonchev–Trinajstić information content (AvgIpc) is 2.79. The minimum absolute atomic E-state index is 0.170.